The van der Waals surface area contributed by atoms with Crippen LogP contribution in [0.3, 0.4) is 0 Å². The molecule has 0 aliphatic carbocycles. The third-order valence-corrected chi connectivity index (χ3v) is 3.54. The van der Waals surface area contributed by atoms with Crippen LogP contribution in [-0.2, 0) is 6.54 Å². The second-order valence-corrected chi connectivity index (χ2v) is 5.26. The second-order valence-electron chi connectivity index (χ2n) is 5.26. The number of rotatable bonds is 6. The lowest BCUT2D eigenvalue weighted by molar-refractivity contribution is 0.322. The van der Waals surface area contributed by atoms with E-state index in [4.69, 9.17) is 9.15 Å². The maximum atomic E-state index is 5.78. The van der Waals surface area contributed by atoms with E-state index in [2.05, 4.69) is 15.6 Å². The van der Waals surface area contributed by atoms with E-state index in [0.29, 0.717) is 25.7 Å². The number of halogens is 1. The number of furan rings is 1. The molecular formula is C19H22IN3O2. The molecule has 0 saturated heterocycles. The van der Waals surface area contributed by atoms with Gasteiger partial charge in [0, 0.05) is 12.4 Å². The fraction of sp³-hybridized carbons (Fsp3) is 0.211. The van der Waals surface area contributed by atoms with Crippen LogP contribution >= 0.6 is 24.0 Å². The number of nitrogens with zero attached hydrogens (tertiary/aromatic N) is 1. The Balaban J connectivity index is 0.00000225. The van der Waals surface area contributed by atoms with Gasteiger partial charge < -0.3 is 19.8 Å². The predicted molar refractivity (Wildman–Crippen MR) is 112 cm³/mol. The molecule has 2 aromatic carbocycles. The Labute approximate surface area is 164 Å². The minimum atomic E-state index is 0. The van der Waals surface area contributed by atoms with Crippen molar-refractivity contribution in [3.8, 4) is 5.75 Å². The molecule has 2 N–H and O–H groups in total. The van der Waals surface area contributed by atoms with Crippen molar-refractivity contribution >= 4 is 40.9 Å². The normalized spacial score (nSPS) is 11.0. The van der Waals surface area contributed by atoms with E-state index >= 15 is 0 Å². The molecule has 0 aliphatic rings. The second kappa shape index (κ2) is 9.93. The molecule has 0 aliphatic heterocycles. The van der Waals surface area contributed by atoms with Crippen LogP contribution in [0.25, 0.3) is 11.0 Å². The monoisotopic (exact) mass is 451 g/mol. The highest BCUT2D eigenvalue weighted by molar-refractivity contribution is 14.0. The largest absolute Gasteiger partial charge is 0.492 e. The summed E-state index contributed by atoms with van der Waals surface area (Å²) in [5.41, 5.74) is 0.897. The van der Waals surface area contributed by atoms with Crippen LogP contribution < -0.4 is 15.4 Å². The predicted octanol–water partition coefficient (Wildman–Crippen LogP) is 3.79. The molecule has 0 amide bonds. The molecular weight excluding hydrogens is 429 g/mol. The van der Waals surface area contributed by atoms with Crippen molar-refractivity contribution < 1.29 is 9.15 Å². The molecule has 6 heteroatoms. The summed E-state index contributed by atoms with van der Waals surface area (Å²) < 4.78 is 11.4. The zero-order valence-electron chi connectivity index (χ0n) is 14.1. The number of aliphatic imine (C=N–C) groups is 1. The molecule has 25 heavy (non-hydrogen) atoms. The summed E-state index contributed by atoms with van der Waals surface area (Å²) in [7, 11) is 1.74. The molecule has 3 aromatic rings. The Hall–Kier alpha value is -2.22. The number of para-hydroxylation sites is 2. The maximum Gasteiger partial charge on any atom is 0.191 e. The van der Waals surface area contributed by atoms with Gasteiger partial charge in [-0.15, -0.1) is 24.0 Å². The van der Waals surface area contributed by atoms with Crippen molar-refractivity contribution in [2.45, 2.75) is 6.54 Å². The minimum absolute atomic E-state index is 0. The summed E-state index contributed by atoms with van der Waals surface area (Å²) >= 11 is 0. The summed E-state index contributed by atoms with van der Waals surface area (Å²) in [6.45, 7) is 1.80. The first-order chi connectivity index (χ1) is 11.8. The smallest absolute Gasteiger partial charge is 0.191 e. The van der Waals surface area contributed by atoms with Gasteiger partial charge in [0.2, 0.25) is 0 Å². The third-order valence-electron chi connectivity index (χ3n) is 3.54. The van der Waals surface area contributed by atoms with Crippen molar-refractivity contribution in [1.82, 2.24) is 10.6 Å². The Morgan fingerprint density at radius 1 is 1.04 bits per heavy atom. The van der Waals surface area contributed by atoms with Gasteiger partial charge in [-0.3, -0.25) is 4.99 Å². The fourth-order valence-corrected chi connectivity index (χ4v) is 2.37. The highest BCUT2D eigenvalue weighted by Crippen LogP contribution is 2.18. The van der Waals surface area contributed by atoms with Gasteiger partial charge in [0.25, 0.3) is 0 Å². The molecule has 0 unspecified atom stereocenters. The molecule has 0 fully saturated rings. The average molecular weight is 451 g/mol. The van der Waals surface area contributed by atoms with Crippen LogP contribution in [0, 0.1) is 0 Å². The van der Waals surface area contributed by atoms with E-state index in [0.717, 1.165) is 22.5 Å². The Morgan fingerprint density at radius 3 is 2.56 bits per heavy atom. The Bertz CT molecular complexity index is 770. The molecule has 0 bridgehead atoms. The van der Waals surface area contributed by atoms with Crippen LogP contribution in [0.1, 0.15) is 5.76 Å². The Kier molecular flexibility index (Phi) is 7.59. The lowest BCUT2D eigenvalue weighted by Crippen LogP contribution is -2.38. The van der Waals surface area contributed by atoms with E-state index < -0.39 is 0 Å². The van der Waals surface area contributed by atoms with Crippen molar-refractivity contribution in [3.63, 3.8) is 0 Å². The fourth-order valence-electron chi connectivity index (χ4n) is 2.37. The van der Waals surface area contributed by atoms with Crippen molar-refractivity contribution in [1.29, 1.82) is 0 Å². The van der Waals surface area contributed by atoms with Gasteiger partial charge in [-0.1, -0.05) is 36.4 Å². The number of nitrogens with one attached hydrogen (secondary N) is 2. The molecule has 1 heterocycles. The molecule has 0 saturated carbocycles. The molecule has 0 atom stereocenters. The SMILES string of the molecule is CN=C(NCCOc1ccccc1)NCc1cc2ccccc2o1.I. The highest BCUT2D eigenvalue weighted by Gasteiger charge is 2.04. The molecule has 0 radical (unpaired) electrons. The number of ether oxygens (including phenoxy) is 1. The van der Waals surface area contributed by atoms with Crippen molar-refractivity contribution in [2.24, 2.45) is 4.99 Å². The van der Waals surface area contributed by atoms with Gasteiger partial charge in [-0.25, -0.2) is 0 Å². The van der Waals surface area contributed by atoms with Crippen LogP contribution in [0.15, 0.2) is 70.1 Å². The van der Waals surface area contributed by atoms with Gasteiger partial charge in [0.05, 0.1) is 13.1 Å². The zero-order valence-corrected chi connectivity index (χ0v) is 16.4. The van der Waals surface area contributed by atoms with Crippen LogP contribution in [-0.4, -0.2) is 26.2 Å². The van der Waals surface area contributed by atoms with Gasteiger partial charge in [0.1, 0.15) is 23.7 Å². The van der Waals surface area contributed by atoms with Crippen molar-refractivity contribution in [3.05, 3.63) is 66.4 Å². The summed E-state index contributed by atoms with van der Waals surface area (Å²) in [6.07, 6.45) is 0. The first-order valence-electron chi connectivity index (χ1n) is 7.95. The number of fused-ring (bicyclic) bond motifs is 1. The summed E-state index contributed by atoms with van der Waals surface area (Å²) in [5, 5.41) is 7.56. The number of guanidine groups is 1. The summed E-state index contributed by atoms with van der Waals surface area (Å²) in [5.74, 6) is 2.45. The molecule has 132 valence electrons. The number of benzene rings is 2. The van der Waals surface area contributed by atoms with Crippen molar-refractivity contribution in [2.75, 3.05) is 20.2 Å². The third kappa shape index (κ3) is 5.67. The lowest BCUT2D eigenvalue weighted by atomic mass is 10.2. The first kappa shape index (κ1) is 19.1. The summed E-state index contributed by atoms with van der Waals surface area (Å²) in [6, 6.07) is 19.8. The molecule has 5 nitrogen and oxygen atoms in total. The van der Waals surface area contributed by atoms with Gasteiger partial charge in [-0.2, -0.15) is 0 Å². The van der Waals surface area contributed by atoms with E-state index in [-0.39, 0.29) is 24.0 Å². The van der Waals surface area contributed by atoms with E-state index in [9.17, 15) is 0 Å². The topological polar surface area (TPSA) is 58.8 Å². The molecule has 0 spiro atoms. The quantitative estimate of drug-likeness (QED) is 0.259. The number of hydrogen-bond acceptors (Lipinski definition) is 3. The van der Waals surface area contributed by atoms with Gasteiger partial charge >= 0.3 is 0 Å². The average Bonchev–Trinajstić information content (AvgIpc) is 3.05. The zero-order chi connectivity index (χ0) is 16.6. The summed E-state index contributed by atoms with van der Waals surface area (Å²) in [4.78, 5) is 4.20. The minimum Gasteiger partial charge on any atom is -0.492 e. The highest BCUT2D eigenvalue weighted by atomic mass is 127. The molecule has 3 rings (SSSR count). The van der Waals surface area contributed by atoms with Crippen LogP contribution in [0.4, 0.5) is 0 Å². The van der Waals surface area contributed by atoms with Gasteiger partial charge in [0.15, 0.2) is 5.96 Å². The standard InChI is InChI=1S/C19H21N3O2.HI/c1-20-19(21-11-12-23-16-8-3-2-4-9-16)22-14-17-13-15-7-5-6-10-18(15)24-17;/h2-10,13H,11-12,14H2,1H3,(H2,20,21,22);1H. The van der Waals surface area contributed by atoms with Crippen LogP contribution in [0.5, 0.6) is 5.75 Å². The maximum absolute atomic E-state index is 5.78. The molecule has 1 aromatic heterocycles. The first-order valence-corrected chi connectivity index (χ1v) is 7.95. The van der Waals surface area contributed by atoms with E-state index in [1.165, 1.54) is 0 Å². The number of hydrogen-bond donors (Lipinski definition) is 2. The van der Waals surface area contributed by atoms with Gasteiger partial charge in [-0.05, 0) is 24.3 Å². The lowest BCUT2D eigenvalue weighted by Gasteiger charge is -2.11. The van der Waals surface area contributed by atoms with Crippen LogP contribution in [0.2, 0.25) is 0 Å². The van der Waals surface area contributed by atoms with E-state index in [1.807, 2.05) is 60.7 Å². The Morgan fingerprint density at radius 2 is 1.80 bits per heavy atom. The van der Waals surface area contributed by atoms with E-state index in [1.54, 1.807) is 7.05 Å².